The molecule has 136 valence electrons. The van der Waals surface area contributed by atoms with Crippen LogP contribution < -0.4 is 20.2 Å². The number of benzene rings is 2. The Morgan fingerprint density at radius 2 is 1.85 bits per heavy atom. The molecule has 2 rings (SSSR count). The molecule has 0 heterocycles. The van der Waals surface area contributed by atoms with Crippen molar-refractivity contribution in [2.45, 2.75) is 6.92 Å². The first kappa shape index (κ1) is 18.9. The molecule has 0 aromatic heterocycles. The highest BCUT2D eigenvalue weighted by molar-refractivity contribution is 6.39. The molecule has 0 bridgehead atoms. The van der Waals surface area contributed by atoms with Gasteiger partial charge in [0, 0.05) is 5.69 Å². The van der Waals surface area contributed by atoms with Crippen molar-refractivity contribution in [2.75, 3.05) is 19.0 Å². The average molecular weight is 359 g/mol. The largest absolute Gasteiger partial charge is 0.493 e. The maximum Gasteiger partial charge on any atom is 0.329 e. The maximum absolute atomic E-state index is 12.8. The fraction of sp³-hybridized carbons (Fsp3) is 0.167. The molecule has 0 saturated heterocycles. The van der Waals surface area contributed by atoms with Crippen LogP contribution in [0.1, 0.15) is 12.5 Å². The number of carbonyl (C=O) groups is 2. The van der Waals surface area contributed by atoms with Crippen LogP contribution in [0.25, 0.3) is 0 Å². The van der Waals surface area contributed by atoms with Gasteiger partial charge in [0.1, 0.15) is 5.82 Å². The second kappa shape index (κ2) is 9.16. The van der Waals surface area contributed by atoms with E-state index < -0.39 is 17.6 Å². The van der Waals surface area contributed by atoms with Gasteiger partial charge in [-0.05, 0) is 55.0 Å². The van der Waals surface area contributed by atoms with Crippen molar-refractivity contribution in [3.05, 3.63) is 53.8 Å². The Labute approximate surface area is 149 Å². The van der Waals surface area contributed by atoms with Gasteiger partial charge in [-0.2, -0.15) is 5.10 Å². The van der Waals surface area contributed by atoms with Gasteiger partial charge in [-0.1, -0.05) is 0 Å². The first-order valence-electron chi connectivity index (χ1n) is 7.74. The number of ether oxygens (including phenoxy) is 2. The molecule has 2 amide bonds. The van der Waals surface area contributed by atoms with E-state index in [1.54, 1.807) is 18.2 Å². The molecule has 0 aliphatic rings. The minimum Gasteiger partial charge on any atom is -0.493 e. The summed E-state index contributed by atoms with van der Waals surface area (Å²) in [5.41, 5.74) is 3.05. The molecule has 0 aliphatic heterocycles. The SMILES string of the molecule is CCOc1ccc(/C=N\NC(=O)C(=O)Nc2ccc(F)cc2)cc1OC. The summed E-state index contributed by atoms with van der Waals surface area (Å²) in [6.45, 7) is 2.37. The van der Waals surface area contributed by atoms with E-state index in [0.717, 1.165) is 0 Å². The predicted molar refractivity (Wildman–Crippen MR) is 94.9 cm³/mol. The molecule has 0 radical (unpaired) electrons. The lowest BCUT2D eigenvalue weighted by atomic mass is 10.2. The van der Waals surface area contributed by atoms with E-state index >= 15 is 0 Å². The number of halogens is 1. The smallest absolute Gasteiger partial charge is 0.329 e. The fourth-order valence-corrected chi connectivity index (χ4v) is 1.98. The number of hydrazone groups is 1. The molecule has 0 atom stereocenters. The van der Waals surface area contributed by atoms with Crippen molar-refractivity contribution in [1.82, 2.24) is 5.43 Å². The number of carbonyl (C=O) groups excluding carboxylic acids is 2. The summed E-state index contributed by atoms with van der Waals surface area (Å²) in [7, 11) is 1.51. The summed E-state index contributed by atoms with van der Waals surface area (Å²) in [6, 6.07) is 10.1. The molecule has 0 saturated carbocycles. The quantitative estimate of drug-likeness (QED) is 0.471. The molecule has 0 unspecified atom stereocenters. The maximum atomic E-state index is 12.8. The Morgan fingerprint density at radius 3 is 2.50 bits per heavy atom. The van der Waals surface area contributed by atoms with Crippen molar-refractivity contribution >= 4 is 23.7 Å². The minimum atomic E-state index is -0.955. The number of hydrogen-bond donors (Lipinski definition) is 2. The van der Waals surface area contributed by atoms with Gasteiger partial charge in [-0.3, -0.25) is 9.59 Å². The minimum absolute atomic E-state index is 0.298. The van der Waals surface area contributed by atoms with Crippen LogP contribution in [0.15, 0.2) is 47.6 Å². The van der Waals surface area contributed by atoms with Gasteiger partial charge in [0.15, 0.2) is 11.5 Å². The number of rotatable bonds is 6. The lowest BCUT2D eigenvalue weighted by molar-refractivity contribution is -0.136. The normalized spacial score (nSPS) is 10.4. The van der Waals surface area contributed by atoms with E-state index in [2.05, 4.69) is 15.8 Å². The zero-order valence-corrected chi connectivity index (χ0v) is 14.3. The third-order valence-electron chi connectivity index (χ3n) is 3.18. The third-order valence-corrected chi connectivity index (χ3v) is 3.18. The van der Waals surface area contributed by atoms with Gasteiger partial charge in [0.05, 0.1) is 19.9 Å². The summed E-state index contributed by atoms with van der Waals surface area (Å²) in [5.74, 6) is -1.20. The molecule has 2 N–H and O–H groups in total. The van der Waals surface area contributed by atoms with E-state index in [0.29, 0.717) is 29.4 Å². The highest BCUT2D eigenvalue weighted by Crippen LogP contribution is 2.27. The third kappa shape index (κ3) is 5.30. The van der Waals surface area contributed by atoms with E-state index in [4.69, 9.17) is 9.47 Å². The van der Waals surface area contributed by atoms with Gasteiger partial charge in [-0.15, -0.1) is 0 Å². The molecule has 7 nitrogen and oxygen atoms in total. The number of hydrogen-bond acceptors (Lipinski definition) is 5. The molecule has 8 heteroatoms. The van der Waals surface area contributed by atoms with Crippen LogP contribution in [0, 0.1) is 5.82 Å². The first-order chi connectivity index (χ1) is 12.5. The molecule has 0 spiro atoms. The van der Waals surface area contributed by atoms with E-state index in [1.165, 1.54) is 37.6 Å². The second-order valence-corrected chi connectivity index (χ2v) is 5.00. The van der Waals surface area contributed by atoms with Crippen LogP contribution in [0.5, 0.6) is 11.5 Å². The number of methoxy groups -OCH3 is 1. The number of anilines is 1. The van der Waals surface area contributed by atoms with Gasteiger partial charge in [0.25, 0.3) is 0 Å². The predicted octanol–water partition coefficient (Wildman–Crippen LogP) is 2.32. The Hall–Kier alpha value is -3.42. The standard InChI is InChI=1S/C18H18FN3O4/c1-3-26-15-9-4-12(10-16(15)25-2)11-20-22-18(24)17(23)21-14-7-5-13(19)6-8-14/h4-11H,3H2,1-2H3,(H,21,23)(H,22,24)/b20-11-. The molecular weight excluding hydrogens is 341 g/mol. The molecule has 2 aromatic carbocycles. The van der Waals surface area contributed by atoms with Crippen LogP contribution in [-0.2, 0) is 9.59 Å². The van der Waals surface area contributed by atoms with Gasteiger partial charge < -0.3 is 14.8 Å². The van der Waals surface area contributed by atoms with E-state index in [9.17, 15) is 14.0 Å². The number of amides is 2. The molecule has 0 aliphatic carbocycles. The average Bonchev–Trinajstić information content (AvgIpc) is 2.64. The summed E-state index contributed by atoms with van der Waals surface area (Å²) in [6.07, 6.45) is 1.36. The summed E-state index contributed by atoms with van der Waals surface area (Å²) in [4.78, 5) is 23.4. The molecular formula is C18H18FN3O4. The van der Waals surface area contributed by atoms with Crippen LogP contribution in [0.4, 0.5) is 10.1 Å². The molecule has 26 heavy (non-hydrogen) atoms. The first-order valence-corrected chi connectivity index (χ1v) is 7.74. The van der Waals surface area contributed by atoms with Crippen LogP contribution >= 0.6 is 0 Å². The van der Waals surface area contributed by atoms with Gasteiger partial charge in [-0.25, -0.2) is 9.82 Å². The number of nitrogens with one attached hydrogen (secondary N) is 2. The topological polar surface area (TPSA) is 89.0 Å². The molecule has 0 fully saturated rings. The Bertz CT molecular complexity index is 807. The van der Waals surface area contributed by atoms with Crippen LogP contribution in [0.3, 0.4) is 0 Å². The zero-order valence-electron chi connectivity index (χ0n) is 14.3. The van der Waals surface area contributed by atoms with Crippen molar-refractivity contribution in [3.8, 4) is 11.5 Å². The highest BCUT2D eigenvalue weighted by Gasteiger charge is 2.12. The summed E-state index contributed by atoms with van der Waals surface area (Å²) >= 11 is 0. The Kier molecular flexibility index (Phi) is 6.67. The van der Waals surface area contributed by atoms with E-state index in [-0.39, 0.29) is 0 Å². The van der Waals surface area contributed by atoms with Crippen LogP contribution in [-0.4, -0.2) is 31.7 Å². The van der Waals surface area contributed by atoms with Gasteiger partial charge >= 0.3 is 11.8 Å². The van der Waals surface area contributed by atoms with Crippen molar-refractivity contribution < 1.29 is 23.5 Å². The second-order valence-electron chi connectivity index (χ2n) is 5.00. The van der Waals surface area contributed by atoms with Gasteiger partial charge in [0.2, 0.25) is 0 Å². The fourth-order valence-electron chi connectivity index (χ4n) is 1.98. The zero-order chi connectivity index (χ0) is 18.9. The molecule has 2 aromatic rings. The Balaban J connectivity index is 1.93. The summed E-state index contributed by atoms with van der Waals surface area (Å²) < 4.78 is 23.4. The Morgan fingerprint density at radius 1 is 1.12 bits per heavy atom. The lowest BCUT2D eigenvalue weighted by Crippen LogP contribution is -2.32. The van der Waals surface area contributed by atoms with E-state index in [1.807, 2.05) is 6.92 Å². The van der Waals surface area contributed by atoms with Crippen molar-refractivity contribution in [3.63, 3.8) is 0 Å². The monoisotopic (exact) mass is 359 g/mol. The van der Waals surface area contributed by atoms with Crippen LogP contribution in [0.2, 0.25) is 0 Å². The lowest BCUT2D eigenvalue weighted by Gasteiger charge is -2.09. The van der Waals surface area contributed by atoms with Crippen molar-refractivity contribution in [2.24, 2.45) is 5.10 Å². The summed E-state index contributed by atoms with van der Waals surface area (Å²) in [5, 5.41) is 6.06. The van der Waals surface area contributed by atoms with Crippen molar-refractivity contribution in [1.29, 1.82) is 0 Å². The highest BCUT2D eigenvalue weighted by atomic mass is 19.1. The number of nitrogens with zero attached hydrogens (tertiary/aromatic N) is 1.